The number of ether oxygens (including phenoxy) is 1. The van der Waals surface area contributed by atoms with Crippen LogP contribution < -0.4 is 15.5 Å². The molecule has 4 fully saturated rings. The fraction of sp³-hybridized carbons (Fsp3) is 0.800. The minimum atomic E-state index is 0.0655. The Balaban J connectivity index is 1.44. The highest BCUT2D eigenvalue weighted by Crippen LogP contribution is 2.39. The molecule has 2 aliphatic carbocycles. The molecule has 0 atom stereocenters. The molecular formula is C20H31N5O. The first-order valence-corrected chi connectivity index (χ1v) is 10.5. The van der Waals surface area contributed by atoms with Gasteiger partial charge in [-0.25, -0.2) is 4.98 Å². The lowest BCUT2D eigenvalue weighted by molar-refractivity contribution is -0.0503. The molecule has 6 heteroatoms. The summed E-state index contributed by atoms with van der Waals surface area (Å²) >= 11 is 0. The standard InChI is InChI=1S/C20H31N5O/c21-16-11-15(12-16)17-13-18(23-19(22-17)24-7-3-4-8-24)25-9-10-26-20(14-25)5-1-2-6-20/h13,15-16H,1-12,14,21H2. The molecular weight excluding hydrogens is 326 g/mol. The molecule has 26 heavy (non-hydrogen) atoms. The van der Waals surface area contributed by atoms with Crippen molar-refractivity contribution >= 4 is 11.8 Å². The van der Waals surface area contributed by atoms with Crippen LogP contribution in [0.5, 0.6) is 0 Å². The Kier molecular flexibility index (Phi) is 4.28. The molecule has 0 unspecified atom stereocenters. The van der Waals surface area contributed by atoms with Crippen LogP contribution in [0.1, 0.15) is 63.0 Å². The monoisotopic (exact) mass is 357 g/mol. The molecule has 0 aromatic carbocycles. The third-order valence-corrected chi connectivity index (χ3v) is 6.79. The van der Waals surface area contributed by atoms with Gasteiger partial charge in [-0.2, -0.15) is 4.98 Å². The number of morpholine rings is 1. The van der Waals surface area contributed by atoms with E-state index in [1.807, 2.05) is 0 Å². The molecule has 1 spiro atoms. The van der Waals surface area contributed by atoms with E-state index in [2.05, 4.69) is 15.9 Å². The highest BCUT2D eigenvalue weighted by atomic mass is 16.5. The largest absolute Gasteiger partial charge is 0.371 e. The number of nitrogens with zero attached hydrogens (tertiary/aromatic N) is 4. The Morgan fingerprint density at radius 1 is 1.00 bits per heavy atom. The van der Waals surface area contributed by atoms with Gasteiger partial charge in [0.25, 0.3) is 0 Å². The van der Waals surface area contributed by atoms with Crippen molar-refractivity contribution in [2.75, 3.05) is 42.6 Å². The van der Waals surface area contributed by atoms with Crippen LogP contribution in [0.15, 0.2) is 6.07 Å². The minimum absolute atomic E-state index is 0.0655. The zero-order valence-corrected chi connectivity index (χ0v) is 15.7. The van der Waals surface area contributed by atoms with Gasteiger partial charge in [-0.15, -0.1) is 0 Å². The van der Waals surface area contributed by atoms with Crippen LogP contribution in [0.25, 0.3) is 0 Å². The summed E-state index contributed by atoms with van der Waals surface area (Å²) in [4.78, 5) is 14.8. The molecule has 0 radical (unpaired) electrons. The van der Waals surface area contributed by atoms with Gasteiger partial charge < -0.3 is 20.3 Å². The summed E-state index contributed by atoms with van der Waals surface area (Å²) < 4.78 is 6.22. The van der Waals surface area contributed by atoms with Crippen LogP contribution in [0.2, 0.25) is 0 Å². The maximum atomic E-state index is 6.22. The topological polar surface area (TPSA) is 67.5 Å². The third-order valence-electron chi connectivity index (χ3n) is 6.79. The molecule has 6 nitrogen and oxygen atoms in total. The van der Waals surface area contributed by atoms with Crippen LogP contribution in [-0.2, 0) is 4.74 Å². The SMILES string of the molecule is NC1CC(c2cc(N3CCOC4(CCCC4)C3)nc(N3CCCC3)n2)C1. The van der Waals surface area contributed by atoms with E-state index in [-0.39, 0.29) is 5.60 Å². The molecule has 1 aromatic rings. The van der Waals surface area contributed by atoms with Gasteiger partial charge in [0, 0.05) is 44.2 Å². The molecule has 0 bridgehead atoms. The van der Waals surface area contributed by atoms with E-state index in [9.17, 15) is 0 Å². The van der Waals surface area contributed by atoms with Gasteiger partial charge in [0.1, 0.15) is 5.82 Å². The second-order valence-electron chi connectivity index (χ2n) is 8.73. The molecule has 3 heterocycles. The van der Waals surface area contributed by atoms with E-state index < -0.39 is 0 Å². The van der Waals surface area contributed by atoms with Crippen molar-refractivity contribution in [3.63, 3.8) is 0 Å². The Labute approximate surface area is 156 Å². The lowest BCUT2D eigenvalue weighted by Gasteiger charge is -2.41. The van der Waals surface area contributed by atoms with Gasteiger partial charge >= 0.3 is 0 Å². The van der Waals surface area contributed by atoms with Crippen molar-refractivity contribution in [1.29, 1.82) is 0 Å². The zero-order chi connectivity index (χ0) is 17.6. The Bertz CT molecular complexity index is 648. The van der Waals surface area contributed by atoms with Crippen LogP contribution in [0.3, 0.4) is 0 Å². The predicted octanol–water partition coefficient (Wildman–Crippen LogP) is 2.43. The number of hydrogen-bond donors (Lipinski definition) is 1. The van der Waals surface area contributed by atoms with Crippen LogP contribution in [0, 0.1) is 0 Å². The lowest BCUT2D eigenvalue weighted by atomic mass is 9.78. The summed E-state index contributed by atoms with van der Waals surface area (Å²) in [5.74, 6) is 2.55. The van der Waals surface area contributed by atoms with Crippen molar-refractivity contribution in [3.05, 3.63) is 11.8 Å². The average Bonchev–Trinajstić information content (AvgIpc) is 3.31. The van der Waals surface area contributed by atoms with E-state index in [1.54, 1.807) is 0 Å². The summed E-state index contributed by atoms with van der Waals surface area (Å²) in [6.07, 6.45) is 9.58. The normalized spacial score (nSPS) is 30.8. The van der Waals surface area contributed by atoms with E-state index in [4.69, 9.17) is 20.4 Å². The molecule has 2 N–H and O–H groups in total. The quantitative estimate of drug-likeness (QED) is 0.896. The summed E-state index contributed by atoms with van der Waals surface area (Å²) in [7, 11) is 0. The summed E-state index contributed by atoms with van der Waals surface area (Å²) in [6.45, 7) is 4.89. The number of anilines is 2. The fourth-order valence-electron chi connectivity index (χ4n) is 5.14. The molecule has 5 rings (SSSR count). The summed E-state index contributed by atoms with van der Waals surface area (Å²) in [5.41, 5.74) is 7.31. The number of aromatic nitrogens is 2. The zero-order valence-electron chi connectivity index (χ0n) is 15.7. The molecule has 0 amide bonds. The van der Waals surface area contributed by atoms with E-state index in [1.165, 1.54) is 44.2 Å². The Morgan fingerprint density at radius 2 is 1.77 bits per heavy atom. The molecule has 2 saturated carbocycles. The summed E-state index contributed by atoms with van der Waals surface area (Å²) in [6, 6.07) is 2.59. The number of nitrogens with two attached hydrogens (primary N) is 1. The molecule has 2 aliphatic heterocycles. The minimum Gasteiger partial charge on any atom is -0.371 e. The predicted molar refractivity (Wildman–Crippen MR) is 103 cm³/mol. The van der Waals surface area contributed by atoms with Crippen molar-refractivity contribution in [2.24, 2.45) is 5.73 Å². The van der Waals surface area contributed by atoms with E-state index in [0.29, 0.717) is 12.0 Å². The molecule has 4 aliphatic rings. The van der Waals surface area contributed by atoms with Gasteiger partial charge in [-0.3, -0.25) is 0 Å². The smallest absolute Gasteiger partial charge is 0.227 e. The maximum absolute atomic E-state index is 6.22. The van der Waals surface area contributed by atoms with Gasteiger partial charge in [0.05, 0.1) is 17.9 Å². The van der Waals surface area contributed by atoms with Gasteiger partial charge in [0.15, 0.2) is 0 Å². The number of rotatable bonds is 3. The van der Waals surface area contributed by atoms with Crippen molar-refractivity contribution < 1.29 is 4.74 Å². The summed E-state index contributed by atoms with van der Waals surface area (Å²) in [5, 5.41) is 0. The highest BCUT2D eigenvalue weighted by molar-refractivity contribution is 5.48. The molecule has 142 valence electrons. The van der Waals surface area contributed by atoms with Crippen LogP contribution in [-0.4, -0.2) is 54.4 Å². The van der Waals surface area contributed by atoms with Crippen molar-refractivity contribution in [1.82, 2.24) is 9.97 Å². The molecule has 1 aromatic heterocycles. The van der Waals surface area contributed by atoms with E-state index in [0.717, 1.165) is 57.4 Å². The van der Waals surface area contributed by atoms with Gasteiger partial charge in [-0.05, 0) is 38.5 Å². The van der Waals surface area contributed by atoms with Gasteiger partial charge in [0.2, 0.25) is 5.95 Å². The van der Waals surface area contributed by atoms with E-state index >= 15 is 0 Å². The van der Waals surface area contributed by atoms with Crippen LogP contribution in [0.4, 0.5) is 11.8 Å². The first-order valence-electron chi connectivity index (χ1n) is 10.5. The second kappa shape index (κ2) is 6.64. The first-order chi connectivity index (χ1) is 12.7. The average molecular weight is 358 g/mol. The Hall–Kier alpha value is -1.40. The third kappa shape index (κ3) is 3.07. The maximum Gasteiger partial charge on any atom is 0.227 e. The van der Waals surface area contributed by atoms with Crippen LogP contribution >= 0.6 is 0 Å². The molecule has 2 saturated heterocycles. The number of hydrogen-bond acceptors (Lipinski definition) is 6. The fourth-order valence-corrected chi connectivity index (χ4v) is 5.14. The second-order valence-corrected chi connectivity index (χ2v) is 8.73. The highest BCUT2D eigenvalue weighted by Gasteiger charge is 2.40. The Morgan fingerprint density at radius 3 is 2.50 bits per heavy atom. The van der Waals surface area contributed by atoms with Gasteiger partial charge in [-0.1, -0.05) is 12.8 Å². The van der Waals surface area contributed by atoms with Crippen molar-refractivity contribution in [2.45, 2.75) is 68.9 Å². The van der Waals surface area contributed by atoms with Crippen molar-refractivity contribution in [3.8, 4) is 0 Å². The first kappa shape index (κ1) is 16.8. The lowest BCUT2D eigenvalue weighted by Crippen LogP contribution is -2.50.